The Hall–Kier alpha value is -1.82. The summed E-state index contributed by atoms with van der Waals surface area (Å²) in [5.41, 5.74) is 4.25. The zero-order valence-corrected chi connectivity index (χ0v) is 15.2. The fourth-order valence-electron chi connectivity index (χ4n) is 4.06. The van der Waals surface area contributed by atoms with Crippen LogP contribution in [0.2, 0.25) is 0 Å². The van der Waals surface area contributed by atoms with Crippen LogP contribution in [0.3, 0.4) is 0 Å². The largest absolute Gasteiger partial charge is 0.316 e. The van der Waals surface area contributed by atoms with Gasteiger partial charge in [-0.15, -0.1) is 24.8 Å². The predicted octanol–water partition coefficient (Wildman–Crippen LogP) is 2.71. The van der Waals surface area contributed by atoms with Gasteiger partial charge in [0.2, 0.25) is 0 Å². The normalized spacial score (nSPS) is 21.1. The van der Waals surface area contributed by atoms with Crippen molar-refractivity contribution in [2.45, 2.75) is 18.9 Å². The highest BCUT2D eigenvalue weighted by Crippen LogP contribution is 2.33. The van der Waals surface area contributed by atoms with Gasteiger partial charge in [0.05, 0.1) is 0 Å². The molecule has 3 aromatic rings. The van der Waals surface area contributed by atoms with Gasteiger partial charge in [-0.25, -0.2) is 4.98 Å². The SMILES string of the molecule is Cl.Cl.O=c1cc(-c2ccn3ccnc3c2)cc2n1C[C@@H]1CNC[C@H]2C1. The maximum Gasteiger partial charge on any atom is 0.251 e. The van der Waals surface area contributed by atoms with Gasteiger partial charge in [-0.3, -0.25) is 4.79 Å². The Bertz CT molecular complexity index is 965. The fourth-order valence-corrected chi connectivity index (χ4v) is 4.06. The summed E-state index contributed by atoms with van der Waals surface area (Å²) in [5, 5.41) is 3.50. The Balaban J connectivity index is 0.000000911. The van der Waals surface area contributed by atoms with Crippen LogP contribution >= 0.6 is 24.8 Å². The van der Waals surface area contributed by atoms with Crippen molar-refractivity contribution in [2.24, 2.45) is 5.92 Å². The van der Waals surface area contributed by atoms with Gasteiger partial charge in [-0.05, 0) is 48.2 Å². The van der Waals surface area contributed by atoms with Crippen LogP contribution in [0.1, 0.15) is 18.0 Å². The van der Waals surface area contributed by atoms with E-state index in [1.807, 2.05) is 33.5 Å². The van der Waals surface area contributed by atoms with Crippen molar-refractivity contribution in [1.82, 2.24) is 19.3 Å². The molecule has 0 saturated carbocycles. The number of hydrogen-bond acceptors (Lipinski definition) is 3. The minimum Gasteiger partial charge on any atom is -0.316 e. The number of nitrogens with one attached hydrogen (secondary N) is 1. The summed E-state index contributed by atoms with van der Waals surface area (Å²) in [6.45, 7) is 2.84. The van der Waals surface area contributed by atoms with E-state index in [0.717, 1.165) is 36.4 Å². The molecule has 3 aromatic heterocycles. The van der Waals surface area contributed by atoms with Crippen molar-refractivity contribution in [1.29, 1.82) is 0 Å². The standard InChI is InChI=1S/C18H18N4O.2ClH/c23-18-8-14(13-1-3-21-4-2-20-17(21)7-13)6-16-15-5-12(9-19-10-15)11-22(16)18;;/h1-4,6-8,12,15,19H,5,9-11H2;2*1H/t12-,15+;;/m0../s1. The van der Waals surface area contributed by atoms with Crippen LogP contribution in [0.4, 0.5) is 0 Å². The quantitative estimate of drug-likeness (QED) is 0.708. The lowest BCUT2D eigenvalue weighted by Crippen LogP contribution is -2.44. The third kappa shape index (κ3) is 2.97. The first-order valence-corrected chi connectivity index (χ1v) is 8.16. The van der Waals surface area contributed by atoms with Crippen molar-refractivity contribution >= 4 is 30.5 Å². The maximum atomic E-state index is 12.6. The van der Waals surface area contributed by atoms with E-state index in [1.165, 1.54) is 12.1 Å². The van der Waals surface area contributed by atoms with Crippen LogP contribution in [0.15, 0.2) is 47.7 Å². The molecule has 2 atom stereocenters. The molecule has 132 valence electrons. The van der Waals surface area contributed by atoms with Crippen molar-refractivity contribution in [3.63, 3.8) is 0 Å². The lowest BCUT2D eigenvalue weighted by molar-refractivity contribution is 0.257. The van der Waals surface area contributed by atoms with Gasteiger partial charge in [0.1, 0.15) is 5.65 Å². The zero-order chi connectivity index (χ0) is 15.4. The molecule has 5 heterocycles. The minimum absolute atomic E-state index is 0. The molecule has 2 aliphatic rings. The van der Waals surface area contributed by atoms with Gasteiger partial charge >= 0.3 is 0 Å². The monoisotopic (exact) mass is 378 g/mol. The van der Waals surface area contributed by atoms with Crippen LogP contribution in [-0.4, -0.2) is 27.0 Å². The summed E-state index contributed by atoms with van der Waals surface area (Å²) in [6.07, 6.45) is 6.89. The molecule has 2 aliphatic heterocycles. The Morgan fingerprint density at radius 3 is 2.84 bits per heavy atom. The summed E-state index contributed by atoms with van der Waals surface area (Å²) >= 11 is 0. The Kier molecular flexibility index (Phi) is 4.91. The van der Waals surface area contributed by atoms with Gasteiger partial charge < -0.3 is 14.3 Å². The van der Waals surface area contributed by atoms with Crippen molar-refractivity contribution in [3.8, 4) is 11.1 Å². The van der Waals surface area contributed by atoms with Gasteiger partial charge in [0.25, 0.3) is 5.56 Å². The predicted molar refractivity (Wildman–Crippen MR) is 103 cm³/mol. The molecule has 0 radical (unpaired) electrons. The number of nitrogens with zero attached hydrogens (tertiary/aromatic N) is 3. The van der Waals surface area contributed by atoms with E-state index in [-0.39, 0.29) is 30.4 Å². The summed E-state index contributed by atoms with van der Waals surface area (Å²) in [7, 11) is 0. The van der Waals surface area contributed by atoms with E-state index in [2.05, 4.69) is 16.4 Å². The number of imidazole rings is 1. The third-order valence-corrected chi connectivity index (χ3v) is 5.19. The molecule has 5 nitrogen and oxygen atoms in total. The van der Waals surface area contributed by atoms with E-state index >= 15 is 0 Å². The second-order valence-electron chi connectivity index (χ2n) is 6.68. The maximum absolute atomic E-state index is 12.6. The number of halogens is 2. The highest BCUT2D eigenvalue weighted by molar-refractivity contribution is 5.85. The zero-order valence-electron chi connectivity index (χ0n) is 13.6. The molecule has 5 rings (SSSR count). The summed E-state index contributed by atoms with van der Waals surface area (Å²) in [4.78, 5) is 17.0. The molecule has 2 bridgehead atoms. The van der Waals surface area contributed by atoms with E-state index in [0.29, 0.717) is 11.8 Å². The number of hydrogen-bond donors (Lipinski definition) is 1. The fraction of sp³-hybridized carbons (Fsp3) is 0.333. The lowest BCUT2D eigenvalue weighted by Gasteiger charge is -2.37. The van der Waals surface area contributed by atoms with Crippen LogP contribution in [0.25, 0.3) is 16.8 Å². The van der Waals surface area contributed by atoms with E-state index in [1.54, 1.807) is 12.3 Å². The van der Waals surface area contributed by atoms with Gasteiger partial charge in [-0.2, -0.15) is 0 Å². The topological polar surface area (TPSA) is 51.3 Å². The van der Waals surface area contributed by atoms with E-state index < -0.39 is 0 Å². The molecule has 0 aromatic carbocycles. The molecule has 0 unspecified atom stereocenters. The molecule has 1 fully saturated rings. The molecule has 0 spiro atoms. The first-order valence-electron chi connectivity index (χ1n) is 8.16. The average Bonchev–Trinajstić information content (AvgIpc) is 3.03. The van der Waals surface area contributed by atoms with E-state index in [4.69, 9.17) is 0 Å². The Morgan fingerprint density at radius 1 is 1.08 bits per heavy atom. The number of aromatic nitrogens is 3. The molecule has 1 N–H and O–H groups in total. The smallest absolute Gasteiger partial charge is 0.251 e. The average molecular weight is 379 g/mol. The summed E-state index contributed by atoms with van der Waals surface area (Å²) in [5.74, 6) is 1.04. The van der Waals surface area contributed by atoms with Crippen molar-refractivity contribution in [2.75, 3.05) is 13.1 Å². The molecule has 25 heavy (non-hydrogen) atoms. The second kappa shape index (κ2) is 6.83. The molecule has 1 saturated heterocycles. The second-order valence-corrected chi connectivity index (χ2v) is 6.68. The molecule has 7 heteroatoms. The Morgan fingerprint density at radius 2 is 1.96 bits per heavy atom. The highest BCUT2D eigenvalue weighted by atomic mass is 35.5. The van der Waals surface area contributed by atoms with Gasteiger partial charge in [-0.1, -0.05) is 0 Å². The lowest BCUT2D eigenvalue weighted by atomic mass is 9.83. The number of fused-ring (bicyclic) bond motifs is 5. The highest BCUT2D eigenvalue weighted by Gasteiger charge is 2.31. The minimum atomic E-state index is 0. The molecule has 0 amide bonds. The summed E-state index contributed by atoms with van der Waals surface area (Å²) in [6, 6.07) is 8.05. The number of pyridine rings is 2. The van der Waals surface area contributed by atoms with Crippen LogP contribution in [-0.2, 0) is 6.54 Å². The van der Waals surface area contributed by atoms with Crippen LogP contribution < -0.4 is 10.9 Å². The molecule has 0 aliphatic carbocycles. The van der Waals surface area contributed by atoms with Crippen LogP contribution in [0, 0.1) is 5.92 Å². The number of rotatable bonds is 1. The van der Waals surface area contributed by atoms with Crippen LogP contribution in [0.5, 0.6) is 0 Å². The van der Waals surface area contributed by atoms with Crippen molar-refractivity contribution in [3.05, 3.63) is 58.9 Å². The summed E-state index contributed by atoms with van der Waals surface area (Å²) < 4.78 is 3.96. The molecular weight excluding hydrogens is 359 g/mol. The van der Waals surface area contributed by atoms with Crippen molar-refractivity contribution < 1.29 is 0 Å². The van der Waals surface area contributed by atoms with Gasteiger partial charge in [0, 0.05) is 49.4 Å². The third-order valence-electron chi connectivity index (χ3n) is 5.19. The molecular formula is C18H20Cl2N4O. The number of piperidine rings is 1. The Labute approximate surface area is 157 Å². The first-order chi connectivity index (χ1) is 11.3. The van der Waals surface area contributed by atoms with Gasteiger partial charge in [0.15, 0.2) is 0 Å². The van der Waals surface area contributed by atoms with E-state index in [9.17, 15) is 4.79 Å². The first kappa shape index (κ1) is 18.0.